The zero-order chi connectivity index (χ0) is 22.2. The highest BCUT2D eigenvalue weighted by molar-refractivity contribution is 5.95. The largest absolute Gasteiger partial charge is 0.337 e. The number of rotatable bonds is 4. The summed E-state index contributed by atoms with van der Waals surface area (Å²) in [6.45, 7) is 6.06. The number of aryl methyl sites for hydroxylation is 2. The van der Waals surface area contributed by atoms with Crippen LogP contribution in [-0.2, 0) is 0 Å². The van der Waals surface area contributed by atoms with Crippen molar-refractivity contribution >= 4 is 11.0 Å². The molecule has 0 amide bonds. The summed E-state index contributed by atoms with van der Waals surface area (Å²) in [5.41, 5.74) is 8.91. The first kappa shape index (κ1) is 19.9. The summed E-state index contributed by atoms with van der Waals surface area (Å²) in [5.74, 6) is 0. The van der Waals surface area contributed by atoms with Crippen molar-refractivity contribution in [3.8, 4) is 22.3 Å². The maximum absolute atomic E-state index is 11.8. The second-order valence-corrected chi connectivity index (χ2v) is 8.24. The quantitative estimate of drug-likeness (QED) is 0.407. The highest BCUT2D eigenvalue weighted by Crippen LogP contribution is 2.34. The summed E-state index contributed by atoms with van der Waals surface area (Å²) in [7, 11) is 0. The van der Waals surface area contributed by atoms with Gasteiger partial charge in [-0.25, -0.2) is 0 Å². The van der Waals surface area contributed by atoms with Crippen LogP contribution >= 0.6 is 0 Å². The number of aromatic amines is 1. The highest BCUT2D eigenvalue weighted by atomic mass is 16.1. The molecule has 0 radical (unpaired) electrons. The van der Waals surface area contributed by atoms with E-state index in [1.807, 2.05) is 43.6 Å². The van der Waals surface area contributed by atoms with Gasteiger partial charge in [-0.15, -0.1) is 0 Å². The zero-order valence-electron chi connectivity index (χ0n) is 18.3. The lowest BCUT2D eigenvalue weighted by molar-refractivity contribution is 0.644. The molecule has 4 heterocycles. The van der Waals surface area contributed by atoms with Crippen LogP contribution in [0.15, 0.2) is 84.2 Å². The molecule has 0 aliphatic rings. The molecule has 32 heavy (non-hydrogen) atoms. The van der Waals surface area contributed by atoms with Crippen LogP contribution < -0.4 is 5.56 Å². The van der Waals surface area contributed by atoms with Gasteiger partial charge in [0.05, 0.1) is 22.8 Å². The van der Waals surface area contributed by atoms with E-state index in [0.29, 0.717) is 5.56 Å². The summed E-state index contributed by atoms with van der Waals surface area (Å²) < 4.78 is 2.24. The van der Waals surface area contributed by atoms with E-state index in [-0.39, 0.29) is 11.6 Å². The topological polar surface area (TPSA) is 63.6 Å². The van der Waals surface area contributed by atoms with Gasteiger partial charge in [0.2, 0.25) is 0 Å². The van der Waals surface area contributed by atoms with Gasteiger partial charge in [0.1, 0.15) is 0 Å². The third-order valence-corrected chi connectivity index (χ3v) is 5.99. The van der Waals surface area contributed by atoms with Crippen molar-refractivity contribution in [1.29, 1.82) is 0 Å². The summed E-state index contributed by atoms with van der Waals surface area (Å²) >= 11 is 0. The molecule has 158 valence electrons. The van der Waals surface area contributed by atoms with Crippen molar-refractivity contribution in [3.05, 3.63) is 107 Å². The molecule has 5 aromatic rings. The van der Waals surface area contributed by atoms with Gasteiger partial charge in [-0.1, -0.05) is 35.9 Å². The number of hydrogen-bond donors (Lipinski definition) is 1. The van der Waals surface area contributed by atoms with Crippen LogP contribution in [0.4, 0.5) is 0 Å². The van der Waals surface area contributed by atoms with Crippen LogP contribution in [0.5, 0.6) is 0 Å². The maximum Gasteiger partial charge on any atom is 0.250 e. The van der Waals surface area contributed by atoms with E-state index < -0.39 is 0 Å². The third kappa shape index (κ3) is 3.52. The minimum absolute atomic E-state index is 0.0345. The Balaban J connectivity index is 1.73. The van der Waals surface area contributed by atoms with Crippen molar-refractivity contribution in [3.63, 3.8) is 0 Å². The predicted molar refractivity (Wildman–Crippen MR) is 129 cm³/mol. The van der Waals surface area contributed by atoms with E-state index >= 15 is 0 Å². The zero-order valence-corrected chi connectivity index (χ0v) is 18.3. The van der Waals surface area contributed by atoms with Crippen molar-refractivity contribution in [2.75, 3.05) is 0 Å². The number of nitrogens with zero attached hydrogens (tertiary/aromatic N) is 3. The van der Waals surface area contributed by atoms with Crippen molar-refractivity contribution < 1.29 is 0 Å². The number of nitrogens with one attached hydrogen (secondary N) is 1. The van der Waals surface area contributed by atoms with Gasteiger partial charge in [0, 0.05) is 41.5 Å². The fourth-order valence-electron chi connectivity index (χ4n) is 4.08. The van der Waals surface area contributed by atoms with E-state index in [1.54, 1.807) is 6.20 Å². The first-order chi connectivity index (χ1) is 15.5. The molecule has 0 saturated carbocycles. The molecule has 0 fully saturated rings. The number of H-pyrrole nitrogens is 1. The van der Waals surface area contributed by atoms with Crippen molar-refractivity contribution in [2.24, 2.45) is 0 Å². The lowest BCUT2D eigenvalue weighted by Crippen LogP contribution is -2.08. The van der Waals surface area contributed by atoms with E-state index in [0.717, 1.165) is 39.0 Å². The highest BCUT2D eigenvalue weighted by Gasteiger charge is 2.18. The molecule has 1 aromatic carbocycles. The van der Waals surface area contributed by atoms with Gasteiger partial charge in [0.15, 0.2) is 0 Å². The number of benzene rings is 1. The number of hydrogen-bond acceptors (Lipinski definition) is 3. The number of aromatic nitrogens is 4. The molecule has 0 bridgehead atoms. The first-order valence-corrected chi connectivity index (χ1v) is 10.7. The number of fused-ring (bicyclic) bond motifs is 1. The fourth-order valence-corrected chi connectivity index (χ4v) is 4.08. The lowest BCUT2D eigenvalue weighted by atomic mass is 10.0. The molecule has 0 aliphatic carbocycles. The molecule has 0 saturated heterocycles. The molecule has 0 spiro atoms. The van der Waals surface area contributed by atoms with Crippen molar-refractivity contribution in [1.82, 2.24) is 19.5 Å². The molecule has 4 aromatic heterocycles. The van der Waals surface area contributed by atoms with Crippen LogP contribution in [0.1, 0.15) is 29.8 Å². The van der Waals surface area contributed by atoms with Gasteiger partial charge in [0.25, 0.3) is 5.56 Å². The van der Waals surface area contributed by atoms with E-state index in [4.69, 9.17) is 4.98 Å². The van der Waals surface area contributed by atoms with Crippen LogP contribution in [0, 0.1) is 13.8 Å². The van der Waals surface area contributed by atoms with Gasteiger partial charge < -0.3 is 9.55 Å². The normalized spacial score (nSPS) is 12.2. The molecule has 1 unspecified atom stereocenters. The Bertz CT molecular complexity index is 1460. The molecular formula is C27H24N4O. The minimum Gasteiger partial charge on any atom is -0.337 e. The Morgan fingerprint density at radius 3 is 2.47 bits per heavy atom. The average Bonchev–Trinajstić information content (AvgIpc) is 3.20. The average molecular weight is 421 g/mol. The fraction of sp³-hybridized carbons (Fsp3) is 0.148. The second-order valence-electron chi connectivity index (χ2n) is 8.24. The van der Waals surface area contributed by atoms with Gasteiger partial charge >= 0.3 is 0 Å². The minimum atomic E-state index is -0.0726. The molecule has 0 aliphatic heterocycles. The Morgan fingerprint density at radius 2 is 1.75 bits per heavy atom. The lowest BCUT2D eigenvalue weighted by Gasteiger charge is -2.15. The summed E-state index contributed by atoms with van der Waals surface area (Å²) in [5, 5.41) is 0. The standard InChI is InChI=1S/C27H24N4O/c1-17-7-9-20(10-8-17)23-16-31(19(3)24-6-4-5-11-28-24)25-13-22(14-29-26(23)25)21-12-18(2)27(32)30-15-21/h4-16,19H,1-3H3,(H,30,32). The molecule has 1 N–H and O–H groups in total. The van der Waals surface area contributed by atoms with Gasteiger partial charge in [-0.3, -0.25) is 14.8 Å². The summed E-state index contributed by atoms with van der Waals surface area (Å²) in [4.78, 5) is 24.1. The second kappa shape index (κ2) is 7.93. The molecule has 1 atom stereocenters. The van der Waals surface area contributed by atoms with E-state index in [1.165, 1.54) is 5.56 Å². The van der Waals surface area contributed by atoms with E-state index in [9.17, 15) is 4.79 Å². The summed E-state index contributed by atoms with van der Waals surface area (Å²) in [6, 6.07) is 18.6. The summed E-state index contributed by atoms with van der Waals surface area (Å²) in [6.07, 6.45) is 7.62. The van der Waals surface area contributed by atoms with E-state index in [2.05, 4.69) is 64.9 Å². The molecule has 5 nitrogen and oxygen atoms in total. The molecule has 5 heteroatoms. The smallest absolute Gasteiger partial charge is 0.250 e. The predicted octanol–water partition coefficient (Wildman–Crippen LogP) is 5.68. The van der Waals surface area contributed by atoms with Crippen LogP contribution in [0.25, 0.3) is 33.3 Å². The Kier molecular flexibility index (Phi) is 4.94. The van der Waals surface area contributed by atoms with Crippen LogP contribution in [-0.4, -0.2) is 19.5 Å². The monoisotopic (exact) mass is 420 g/mol. The molecule has 5 rings (SSSR count). The Morgan fingerprint density at radius 1 is 0.938 bits per heavy atom. The Hall–Kier alpha value is -3.99. The van der Waals surface area contributed by atoms with Gasteiger partial charge in [-0.2, -0.15) is 0 Å². The van der Waals surface area contributed by atoms with Crippen LogP contribution in [0.2, 0.25) is 0 Å². The SMILES string of the molecule is Cc1ccc(-c2cn(C(C)c3ccccn3)c3cc(-c4c[nH]c(=O)c(C)c4)cnc23)cc1. The first-order valence-electron chi connectivity index (χ1n) is 10.7. The number of pyridine rings is 3. The maximum atomic E-state index is 11.8. The van der Waals surface area contributed by atoms with Crippen molar-refractivity contribution in [2.45, 2.75) is 26.8 Å². The third-order valence-electron chi connectivity index (χ3n) is 5.99. The molecular weight excluding hydrogens is 396 g/mol. The van der Waals surface area contributed by atoms with Gasteiger partial charge in [-0.05, 0) is 56.2 Å². The Labute approximate surface area is 186 Å². The van der Waals surface area contributed by atoms with Crippen LogP contribution in [0.3, 0.4) is 0 Å².